The zero-order valence-electron chi connectivity index (χ0n) is 12.6. The Morgan fingerprint density at radius 3 is 3.05 bits per heavy atom. The second kappa shape index (κ2) is 7.28. The fourth-order valence-corrected chi connectivity index (χ4v) is 2.45. The van der Waals surface area contributed by atoms with Gasteiger partial charge in [-0.15, -0.1) is 0 Å². The summed E-state index contributed by atoms with van der Waals surface area (Å²) in [4.78, 5) is 14.0. The molecular weight excluding hydrogens is 270 g/mol. The van der Waals surface area contributed by atoms with E-state index < -0.39 is 0 Å². The summed E-state index contributed by atoms with van der Waals surface area (Å²) in [6, 6.07) is 5.16. The SMILES string of the molecule is COc1cc(N)ccc1NC(=O)CN(C)CC1CCCO1. The van der Waals surface area contributed by atoms with Crippen LogP contribution in [0, 0.1) is 0 Å². The summed E-state index contributed by atoms with van der Waals surface area (Å²) in [7, 11) is 3.47. The molecule has 3 N–H and O–H groups in total. The van der Waals surface area contributed by atoms with Gasteiger partial charge in [0.1, 0.15) is 5.75 Å². The summed E-state index contributed by atoms with van der Waals surface area (Å²) < 4.78 is 10.8. The lowest BCUT2D eigenvalue weighted by Gasteiger charge is -2.20. The van der Waals surface area contributed by atoms with Crippen LogP contribution in [0.4, 0.5) is 11.4 Å². The quantitative estimate of drug-likeness (QED) is 0.774. The van der Waals surface area contributed by atoms with Gasteiger partial charge in [-0.1, -0.05) is 0 Å². The van der Waals surface area contributed by atoms with Gasteiger partial charge in [-0.3, -0.25) is 9.69 Å². The maximum atomic E-state index is 12.1. The first-order valence-electron chi connectivity index (χ1n) is 7.12. The van der Waals surface area contributed by atoms with Crippen molar-refractivity contribution >= 4 is 17.3 Å². The monoisotopic (exact) mass is 293 g/mol. The molecule has 0 saturated carbocycles. The van der Waals surface area contributed by atoms with Crippen LogP contribution in [0.25, 0.3) is 0 Å². The van der Waals surface area contributed by atoms with Crippen LogP contribution >= 0.6 is 0 Å². The zero-order valence-corrected chi connectivity index (χ0v) is 12.6. The molecule has 1 atom stereocenters. The minimum Gasteiger partial charge on any atom is -0.494 e. The van der Waals surface area contributed by atoms with E-state index in [1.165, 1.54) is 0 Å². The molecule has 116 valence electrons. The molecule has 2 rings (SSSR count). The summed E-state index contributed by atoms with van der Waals surface area (Å²) in [5.74, 6) is 0.476. The predicted octanol–water partition coefficient (Wildman–Crippen LogP) is 1.33. The van der Waals surface area contributed by atoms with E-state index in [0.29, 0.717) is 23.7 Å². The van der Waals surface area contributed by atoms with Crippen molar-refractivity contribution in [2.24, 2.45) is 0 Å². The molecule has 1 aromatic carbocycles. The molecular formula is C15H23N3O3. The van der Waals surface area contributed by atoms with Crippen molar-refractivity contribution in [1.82, 2.24) is 4.90 Å². The smallest absolute Gasteiger partial charge is 0.238 e. The topological polar surface area (TPSA) is 76.8 Å². The van der Waals surface area contributed by atoms with Gasteiger partial charge in [-0.2, -0.15) is 0 Å². The van der Waals surface area contributed by atoms with Gasteiger partial charge in [0, 0.05) is 24.9 Å². The molecule has 0 aromatic heterocycles. The van der Waals surface area contributed by atoms with Crippen LogP contribution in [0.5, 0.6) is 5.75 Å². The van der Waals surface area contributed by atoms with Gasteiger partial charge in [-0.25, -0.2) is 0 Å². The Hall–Kier alpha value is -1.79. The van der Waals surface area contributed by atoms with E-state index >= 15 is 0 Å². The average molecular weight is 293 g/mol. The second-order valence-electron chi connectivity index (χ2n) is 5.34. The Morgan fingerprint density at radius 2 is 2.38 bits per heavy atom. The van der Waals surface area contributed by atoms with Crippen LogP contribution < -0.4 is 15.8 Å². The largest absolute Gasteiger partial charge is 0.494 e. The highest BCUT2D eigenvalue weighted by Crippen LogP contribution is 2.26. The number of nitrogen functional groups attached to an aromatic ring is 1. The number of ether oxygens (including phenoxy) is 2. The van der Waals surface area contributed by atoms with Crippen molar-refractivity contribution in [3.63, 3.8) is 0 Å². The number of benzene rings is 1. The molecule has 0 aliphatic carbocycles. The third-order valence-corrected chi connectivity index (χ3v) is 3.45. The molecule has 1 aliphatic heterocycles. The highest BCUT2D eigenvalue weighted by molar-refractivity contribution is 5.94. The van der Waals surface area contributed by atoms with Crippen molar-refractivity contribution in [3.05, 3.63) is 18.2 Å². The van der Waals surface area contributed by atoms with E-state index in [4.69, 9.17) is 15.2 Å². The Balaban J connectivity index is 1.86. The van der Waals surface area contributed by atoms with Crippen LogP contribution in [-0.4, -0.2) is 50.8 Å². The summed E-state index contributed by atoms with van der Waals surface area (Å²) in [5.41, 5.74) is 6.92. The van der Waals surface area contributed by atoms with E-state index in [1.54, 1.807) is 25.3 Å². The molecule has 1 amide bonds. The van der Waals surface area contributed by atoms with Crippen molar-refractivity contribution in [2.45, 2.75) is 18.9 Å². The van der Waals surface area contributed by atoms with Crippen LogP contribution in [0.15, 0.2) is 18.2 Å². The third-order valence-electron chi connectivity index (χ3n) is 3.45. The number of anilines is 2. The average Bonchev–Trinajstić information content (AvgIpc) is 2.93. The number of likely N-dealkylation sites (N-methyl/N-ethyl adjacent to an activating group) is 1. The minimum absolute atomic E-state index is 0.0847. The van der Waals surface area contributed by atoms with Crippen molar-refractivity contribution < 1.29 is 14.3 Å². The molecule has 0 bridgehead atoms. The number of hydrogen-bond acceptors (Lipinski definition) is 5. The molecule has 21 heavy (non-hydrogen) atoms. The maximum Gasteiger partial charge on any atom is 0.238 e. The lowest BCUT2D eigenvalue weighted by Crippen LogP contribution is -2.35. The minimum atomic E-state index is -0.0847. The van der Waals surface area contributed by atoms with Gasteiger partial charge < -0.3 is 20.5 Å². The Bertz CT molecular complexity index is 487. The van der Waals surface area contributed by atoms with E-state index in [0.717, 1.165) is 26.0 Å². The molecule has 1 aromatic rings. The molecule has 1 unspecified atom stereocenters. The van der Waals surface area contributed by atoms with Crippen molar-refractivity contribution in [2.75, 3.05) is 44.9 Å². The standard InChI is InChI=1S/C15H23N3O3/c1-18(9-12-4-3-7-21-12)10-15(19)17-13-6-5-11(16)8-14(13)20-2/h5-6,8,12H,3-4,7,9-10,16H2,1-2H3,(H,17,19). The molecule has 1 fully saturated rings. The van der Waals surface area contributed by atoms with Crippen molar-refractivity contribution in [1.29, 1.82) is 0 Å². The number of carbonyl (C=O) groups is 1. The first kappa shape index (κ1) is 15.6. The molecule has 0 spiro atoms. The lowest BCUT2D eigenvalue weighted by atomic mass is 10.2. The van der Waals surface area contributed by atoms with Crippen LogP contribution in [0.3, 0.4) is 0 Å². The zero-order chi connectivity index (χ0) is 15.2. The van der Waals surface area contributed by atoms with Gasteiger partial charge in [0.2, 0.25) is 5.91 Å². The van der Waals surface area contributed by atoms with Crippen LogP contribution in [-0.2, 0) is 9.53 Å². The first-order chi connectivity index (χ1) is 10.1. The highest BCUT2D eigenvalue weighted by atomic mass is 16.5. The normalized spacial score (nSPS) is 18.0. The Morgan fingerprint density at radius 1 is 1.57 bits per heavy atom. The number of nitrogens with one attached hydrogen (secondary N) is 1. The number of hydrogen-bond donors (Lipinski definition) is 2. The highest BCUT2D eigenvalue weighted by Gasteiger charge is 2.18. The number of methoxy groups -OCH3 is 1. The summed E-state index contributed by atoms with van der Waals surface area (Å²) >= 11 is 0. The van der Waals surface area contributed by atoms with E-state index in [2.05, 4.69) is 5.32 Å². The van der Waals surface area contributed by atoms with Gasteiger partial charge in [-0.05, 0) is 32.0 Å². The summed E-state index contributed by atoms with van der Waals surface area (Å²) in [6.45, 7) is 1.91. The van der Waals surface area contributed by atoms with Crippen molar-refractivity contribution in [3.8, 4) is 5.75 Å². The number of nitrogens with zero attached hydrogens (tertiary/aromatic N) is 1. The Labute approximate surface area is 125 Å². The van der Waals surface area contributed by atoms with Crippen LogP contribution in [0.1, 0.15) is 12.8 Å². The fraction of sp³-hybridized carbons (Fsp3) is 0.533. The predicted molar refractivity (Wildman–Crippen MR) is 82.5 cm³/mol. The third kappa shape index (κ3) is 4.61. The number of amides is 1. The summed E-state index contributed by atoms with van der Waals surface area (Å²) in [6.07, 6.45) is 2.42. The molecule has 1 saturated heterocycles. The van der Waals surface area contributed by atoms with Crippen LogP contribution in [0.2, 0.25) is 0 Å². The fourth-order valence-electron chi connectivity index (χ4n) is 2.45. The van der Waals surface area contributed by atoms with E-state index in [-0.39, 0.29) is 12.0 Å². The number of carbonyl (C=O) groups excluding carboxylic acids is 1. The maximum absolute atomic E-state index is 12.1. The lowest BCUT2D eigenvalue weighted by molar-refractivity contribution is -0.117. The summed E-state index contributed by atoms with van der Waals surface area (Å²) in [5, 5.41) is 2.84. The molecule has 6 heteroatoms. The molecule has 6 nitrogen and oxygen atoms in total. The molecule has 1 aliphatic rings. The van der Waals surface area contributed by atoms with Gasteiger partial charge >= 0.3 is 0 Å². The van der Waals surface area contributed by atoms with E-state index in [1.807, 2.05) is 11.9 Å². The number of rotatable bonds is 6. The van der Waals surface area contributed by atoms with Gasteiger partial charge in [0.25, 0.3) is 0 Å². The number of nitrogens with two attached hydrogens (primary N) is 1. The molecule has 0 radical (unpaired) electrons. The molecule has 1 heterocycles. The van der Waals surface area contributed by atoms with E-state index in [9.17, 15) is 4.79 Å². The Kier molecular flexibility index (Phi) is 5.41. The second-order valence-corrected chi connectivity index (χ2v) is 5.34. The first-order valence-corrected chi connectivity index (χ1v) is 7.12. The van der Waals surface area contributed by atoms with Gasteiger partial charge in [0.15, 0.2) is 0 Å². The van der Waals surface area contributed by atoms with Gasteiger partial charge in [0.05, 0.1) is 25.4 Å².